The Morgan fingerprint density at radius 1 is 1.05 bits per heavy atom. The number of hydrogen-bond donors (Lipinski definition) is 2. The summed E-state index contributed by atoms with van der Waals surface area (Å²) in [5.41, 5.74) is 4.89. The van der Waals surface area contributed by atoms with E-state index in [1.54, 1.807) is 11.0 Å². The molecule has 186 valence electrons. The third kappa shape index (κ3) is 3.80. The van der Waals surface area contributed by atoms with Gasteiger partial charge < -0.3 is 15.0 Å². The summed E-state index contributed by atoms with van der Waals surface area (Å²) in [4.78, 5) is 21.7. The van der Waals surface area contributed by atoms with E-state index in [1.165, 1.54) is 18.2 Å². The Balaban J connectivity index is 1.09. The minimum Gasteiger partial charge on any atom is -0.508 e. The number of halogens is 1. The van der Waals surface area contributed by atoms with Crippen LogP contribution in [0.1, 0.15) is 12.0 Å². The first kappa shape index (κ1) is 21.9. The molecule has 2 unspecified atom stereocenters. The predicted molar refractivity (Wildman–Crippen MR) is 137 cm³/mol. The fraction of sp³-hybridized carbons (Fsp3) is 0.259. The molecule has 3 aliphatic heterocycles. The Kier molecular flexibility index (Phi) is 4.97. The number of anilines is 1. The van der Waals surface area contributed by atoms with E-state index in [-0.39, 0.29) is 11.6 Å². The predicted octanol–water partition coefficient (Wildman–Crippen LogP) is 3.73. The minimum absolute atomic E-state index is 0.147. The molecule has 0 amide bonds. The van der Waals surface area contributed by atoms with E-state index in [1.807, 2.05) is 37.6 Å². The average Bonchev–Trinajstić information content (AvgIpc) is 3.55. The minimum atomic E-state index is -0.321. The van der Waals surface area contributed by atoms with Crippen LogP contribution in [-0.4, -0.2) is 64.9 Å². The van der Waals surface area contributed by atoms with Gasteiger partial charge in [0.1, 0.15) is 35.1 Å². The number of pyridine rings is 1. The summed E-state index contributed by atoms with van der Waals surface area (Å²) in [6.45, 7) is 2.25. The first-order chi connectivity index (χ1) is 18.0. The lowest BCUT2D eigenvalue weighted by molar-refractivity contribution is -0.00921. The maximum atomic E-state index is 13.7. The normalized spacial score (nSPS) is 19.4. The van der Waals surface area contributed by atoms with Gasteiger partial charge >= 0.3 is 0 Å². The molecule has 7 heterocycles. The Labute approximate surface area is 212 Å². The molecule has 9 nitrogen and oxygen atoms in total. The van der Waals surface area contributed by atoms with Crippen molar-refractivity contribution in [3.63, 3.8) is 0 Å². The summed E-state index contributed by atoms with van der Waals surface area (Å²) in [5.74, 6) is 0.757. The van der Waals surface area contributed by atoms with E-state index in [4.69, 9.17) is 4.98 Å². The van der Waals surface area contributed by atoms with E-state index >= 15 is 0 Å². The number of phenolic OH excluding ortho intramolecular Hbond substituents is 1. The maximum Gasteiger partial charge on any atom is 0.141 e. The molecular formula is C27H25FN8O. The number of H-pyrrole nitrogens is 1. The van der Waals surface area contributed by atoms with Gasteiger partial charge in [0.25, 0.3) is 0 Å². The highest BCUT2D eigenvalue weighted by atomic mass is 19.1. The summed E-state index contributed by atoms with van der Waals surface area (Å²) < 4.78 is 15.4. The SMILES string of the molecule is Cn1ccc(-c2cc3c(-c4ccc(N5CC6CC(C5)N6Cc5cc(F)ccc5O)nc4)ncnc3[nH]2)n1. The van der Waals surface area contributed by atoms with Gasteiger partial charge in [-0.05, 0) is 48.9 Å². The van der Waals surface area contributed by atoms with Gasteiger partial charge in [0.05, 0.1) is 11.4 Å². The fourth-order valence-electron chi connectivity index (χ4n) is 5.59. The van der Waals surface area contributed by atoms with Gasteiger partial charge in [-0.25, -0.2) is 19.3 Å². The second-order valence-electron chi connectivity index (χ2n) is 9.84. The number of piperidine rings is 1. The summed E-state index contributed by atoms with van der Waals surface area (Å²) in [7, 11) is 1.89. The Morgan fingerprint density at radius 3 is 2.68 bits per heavy atom. The number of hydrogen-bond acceptors (Lipinski definition) is 7. The van der Waals surface area contributed by atoms with Gasteiger partial charge in [-0.15, -0.1) is 0 Å². The zero-order valence-corrected chi connectivity index (χ0v) is 20.2. The first-order valence-corrected chi connectivity index (χ1v) is 12.3. The molecule has 2 atom stereocenters. The number of aromatic nitrogens is 6. The highest BCUT2D eigenvalue weighted by molar-refractivity contribution is 5.93. The van der Waals surface area contributed by atoms with E-state index in [2.05, 4.69) is 35.9 Å². The van der Waals surface area contributed by atoms with Crippen molar-refractivity contribution in [3.05, 3.63) is 72.6 Å². The molecule has 0 aliphatic carbocycles. The largest absolute Gasteiger partial charge is 0.508 e. The molecule has 2 bridgehead atoms. The molecule has 0 spiro atoms. The van der Waals surface area contributed by atoms with Crippen molar-refractivity contribution >= 4 is 16.9 Å². The number of phenols is 1. The van der Waals surface area contributed by atoms with Crippen LogP contribution in [0.3, 0.4) is 0 Å². The van der Waals surface area contributed by atoms with Crippen molar-refractivity contribution < 1.29 is 9.50 Å². The van der Waals surface area contributed by atoms with Gasteiger partial charge in [0.15, 0.2) is 0 Å². The maximum absolute atomic E-state index is 13.7. The summed E-state index contributed by atoms with van der Waals surface area (Å²) in [6.07, 6.45) is 6.45. The van der Waals surface area contributed by atoms with Crippen LogP contribution < -0.4 is 4.90 Å². The van der Waals surface area contributed by atoms with Crippen molar-refractivity contribution in [3.8, 4) is 28.4 Å². The van der Waals surface area contributed by atoms with Crippen molar-refractivity contribution in [1.82, 2.24) is 34.6 Å². The Bertz CT molecular complexity index is 1600. The molecular weight excluding hydrogens is 471 g/mol. The molecule has 0 radical (unpaired) electrons. The molecule has 4 aromatic heterocycles. The third-order valence-electron chi connectivity index (χ3n) is 7.50. The quantitative estimate of drug-likeness (QED) is 0.383. The summed E-state index contributed by atoms with van der Waals surface area (Å²) in [6, 6.07) is 12.9. The number of rotatable bonds is 5. The van der Waals surface area contributed by atoms with E-state index in [0.29, 0.717) is 24.2 Å². The molecule has 3 saturated heterocycles. The molecule has 1 aromatic carbocycles. The van der Waals surface area contributed by atoms with Crippen molar-refractivity contribution in [1.29, 1.82) is 0 Å². The highest BCUT2D eigenvalue weighted by Crippen LogP contribution is 2.37. The number of aromatic hydroxyl groups is 1. The Hall–Kier alpha value is -4.31. The molecule has 3 aliphatic rings. The van der Waals surface area contributed by atoms with Crippen molar-refractivity contribution in [2.75, 3.05) is 18.0 Å². The highest BCUT2D eigenvalue weighted by Gasteiger charge is 2.44. The zero-order valence-electron chi connectivity index (χ0n) is 20.2. The Morgan fingerprint density at radius 2 is 1.92 bits per heavy atom. The van der Waals surface area contributed by atoms with Gasteiger partial charge in [0, 0.05) is 67.7 Å². The molecule has 10 heteroatoms. The molecule has 2 N–H and O–H groups in total. The number of piperazine rings is 1. The smallest absolute Gasteiger partial charge is 0.141 e. The number of aromatic amines is 1. The van der Waals surface area contributed by atoms with Crippen molar-refractivity contribution in [2.24, 2.45) is 7.05 Å². The zero-order chi connectivity index (χ0) is 25.1. The van der Waals surface area contributed by atoms with Crippen LogP contribution in [0, 0.1) is 5.82 Å². The third-order valence-corrected chi connectivity index (χ3v) is 7.50. The van der Waals surface area contributed by atoms with Gasteiger partial charge in [-0.1, -0.05) is 0 Å². The monoisotopic (exact) mass is 496 g/mol. The lowest BCUT2D eigenvalue weighted by atomic mass is 9.86. The van der Waals surface area contributed by atoms with E-state index in [9.17, 15) is 9.50 Å². The number of fused-ring (bicyclic) bond motifs is 3. The second kappa shape index (κ2) is 8.38. The van der Waals surface area contributed by atoms with Crippen LogP contribution >= 0.6 is 0 Å². The summed E-state index contributed by atoms with van der Waals surface area (Å²) in [5, 5.41) is 15.5. The van der Waals surface area contributed by atoms with Crippen LogP contribution in [0.2, 0.25) is 0 Å². The molecule has 3 fully saturated rings. The van der Waals surface area contributed by atoms with Crippen molar-refractivity contribution in [2.45, 2.75) is 25.0 Å². The van der Waals surface area contributed by atoms with E-state index < -0.39 is 0 Å². The topological polar surface area (TPSA) is 99.0 Å². The lowest BCUT2D eigenvalue weighted by Gasteiger charge is -2.56. The molecule has 37 heavy (non-hydrogen) atoms. The number of nitrogens with one attached hydrogen (secondary N) is 1. The van der Waals surface area contributed by atoms with Crippen LogP contribution in [0.25, 0.3) is 33.7 Å². The van der Waals surface area contributed by atoms with Crippen LogP contribution in [0.4, 0.5) is 10.2 Å². The van der Waals surface area contributed by atoms with Crippen LogP contribution in [-0.2, 0) is 13.6 Å². The second-order valence-corrected chi connectivity index (χ2v) is 9.84. The number of aryl methyl sites for hydroxylation is 1. The summed E-state index contributed by atoms with van der Waals surface area (Å²) >= 11 is 0. The lowest BCUT2D eigenvalue weighted by Crippen LogP contribution is -2.68. The average molecular weight is 497 g/mol. The molecule has 8 rings (SSSR count). The number of benzene rings is 1. The first-order valence-electron chi connectivity index (χ1n) is 12.3. The molecule has 0 saturated carbocycles. The molecule has 5 aromatic rings. The fourth-order valence-corrected chi connectivity index (χ4v) is 5.59. The van der Waals surface area contributed by atoms with Crippen LogP contribution in [0.15, 0.2) is 61.2 Å². The van der Waals surface area contributed by atoms with Gasteiger partial charge in [-0.3, -0.25) is 9.58 Å². The number of nitrogens with zero attached hydrogens (tertiary/aromatic N) is 7. The van der Waals surface area contributed by atoms with Crippen LogP contribution in [0.5, 0.6) is 5.75 Å². The van der Waals surface area contributed by atoms with E-state index in [0.717, 1.165) is 59.0 Å². The standard InChI is InChI=1S/C27H25FN8O/c1-34-7-6-22(33-34)23-10-21-26(30-15-31-27(21)32-23)16-2-5-25(29-11-16)35-13-19-9-20(14-35)36(19)12-17-8-18(28)3-4-24(17)37/h2-8,10-11,15,19-20,37H,9,12-14H2,1H3,(H,30,31,32). The van der Waals surface area contributed by atoms with Gasteiger partial charge in [0.2, 0.25) is 0 Å². The van der Waals surface area contributed by atoms with Gasteiger partial charge in [-0.2, -0.15) is 5.10 Å².